The summed E-state index contributed by atoms with van der Waals surface area (Å²) in [7, 11) is 0. The molecule has 0 aromatic heterocycles. The number of unbranched alkanes of at least 4 members (excludes halogenated alkanes) is 1. The fraction of sp³-hybridized carbons (Fsp3) is 0.857. The van der Waals surface area contributed by atoms with Gasteiger partial charge in [-0.05, 0) is 24.2 Å². The molecule has 84 valence electrons. The fourth-order valence-corrected chi connectivity index (χ4v) is 1.83. The lowest BCUT2D eigenvalue weighted by Crippen LogP contribution is -2.11. The average Bonchev–Trinajstić information content (AvgIpc) is 2.11. The van der Waals surface area contributed by atoms with Crippen LogP contribution in [-0.4, -0.2) is 0 Å². The molecule has 0 bridgehead atoms. The van der Waals surface area contributed by atoms with Gasteiger partial charge in [0.15, 0.2) is 0 Å². The first kappa shape index (κ1) is 13.7. The molecule has 0 N–H and O–H groups in total. The SMILES string of the molecule is C=CCC(C)(C)CCC(C)CCCC. The molecule has 0 spiro atoms. The summed E-state index contributed by atoms with van der Waals surface area (Å²) in [6, 6.07) is 0. The summed E-state index contributed by atoms with van der Waals surface area (Å²) in [5.74, 6) is 0.902. The van der Waals surface area contributed by atoms with Gasteiger partial charge in [0.25, 0.3) is 0 Å². The smallest absolute Gasteiger partial charge is 0.0302 e. The quantitative estimate of drug-likeness (QED) is 0.468. The van der Waals surface area contributed by atoms with Gasteiger partial charge in [-0.25, -0.2) is 0 Å². The summed E-state index contributed by atoms with van der Waals surface area (Å²) in [5.41, 5.74) is 0.461. The molecule has 0 aromatic rings. The molecular formula is C14H28. The summed E-state index contributed by atoms with van der Waals surface area (Å²) in [4.78, 5) is 0. The Kier molecular flexibility index (Phi) is 6.96. The molecule has 0 amide bonds. The zero-order chi connectivity index (χ0) is 11.0. The van der Waals surface area contributed by atoms with Crippen LogP contribution >= 0.6 is 0 Å². The highest BCUT2D eigenvalue weighted by atomic mass is 14.2. The van der Waals surface area contributed by atoms with Crippen LogP contribution < -0.4 is 0 Å². The van der Waals surface area contributed by atoms with Crippen LogP contribution in [0.4, 0.5) is 0 Å². The monoisotopic (exact) mass is 196 g/mol. The van der Waals surface area contributed by atoms with Crippen molar-refractivity contribution in [3.05, 3.63) is 12.7 Å². The molecule has 0 saturated heterocycles. The normalized spacial score (nSPS) is 14.0. The fourth-order valence-electron chi connectivity index (χ4n) is 1.83. The van der Waals surface area contributed by atoms with Crippen molar-refractivity contribution >= 4 is 0 Å². The minimum Gasteiger partial charge on any atom is -0.103 e. The molecule has 0 aliphatic heterocycles. The first-order valence-corrected chi connectivity index (χ1v) is 6.12. The van der Waals surface area contributed by atoms with E-state index < -0.39 is 0 Å². The zero-order valence-electron chi connectivity index (χ0n) is 10.6. The lowest BCUT2D eigenvalue weighted by atomic mass is 9.81. The molecule has 1 unspecified atom stereocenters. The van der Waals surface area contributed by atoms with Gasteiger partial charge in [0, 0.05) is 0 Å². The Morgan fingerprint density at radius 3 is 2.43 bits per heavy atom. The Morgan fingerprint density at radius 1 is 1.29 bits per heavy atom. The van der Waals surface area contributed by atoms with Gasteiger partial charge < -0.3 is 0 Å². The first-order chi connectivity index (χ1) is 6.52. The number of allylic oxidation sites excluding steroid dienone is 1. The Labute approximate surface area is 90.8 Å². The standard InChI is InChI=1S/C14H28/c1-6-8-9-13(3)10-12-14(4,5)11-7-2/h7,13H,2,6,8-12H2,1,3-5H3. The molecule has 1 atom stereocenters. The van der Waals surface area contributed by atoms with Crippen LogP contribution in [0.2, 0.25) is 0 Å². The van der Waals surface area contributed by atoms with E-state index in [2.05, 4.69) is 40.3 Å². The minimum absolute atomic E-state index is 0.461. The van der Waals surface area contributed by atoms with E-state index in [0.717, 1.165) is 12.3 Å². The third-order valence-corrected chi connectivity index (χ3v) is 3.06. The van der Waals surface area contributed by atoms with Crippen molar-refractivity contribution in [3.63, 3.8) is 0 Å². The van der Waals surface area contributed by atoms with Crippen molar-refractivity contribution in [1.29, 1.82) is 0 Å². The molecule has 0 fully saturated rings. The van der Waals surface area contributed by atoms with Crippen molar-refractivity contribution in [2.75, 3.05) is 0 Å². The number of hydrogen-bond acceptors (Lipinski definition) is 0. The van der Waals surface area contributed by atoms with Gasteiger partial charge in [-0.3, -0.25) is 0 Å². The van der Waals surface area contributed by atoms with E-state index in [9.17, 15) is 0 Å². The lowest BCUT2D eigenvalue weighted by molar-refractivity contribution is 0.295. The van der Waals surface area contributed by atoms with Gasteiger partial charge in [-0.1, -0.05) is 59.5 Å². The number of hydrogen-bond donors (Lipinski definition) is 0. The van der Waals surface area contributed by atoms with Crippen molar-refractivity contribution in [3.8, 4) is 0 Å². The maximum atomic E-state index is 3.82. The van der Waals surface area contributed by atoms with E-state index in [1.165, 1.54) is 32.1 Å². The largest absolute Gasteiger partial charge is 0.103 e. The van der Waals surface area contributed by atoms with Crippen LogP contribution in [0.5, 0.6) is 0 Å². The van der Waals surface area contributed by atoms with Crippen molar-refractivity contribution < 1.29 is 0 Å². The van der Waals surface area contributed by atoms with Crippen LogP contribution in [0, 0.1) is 11.3 Å². The molecule has 0 nitrogen and oxygen atoms in total. The Bertz CT molecular complexity index is 144. The van der Waals surface area contributed by atoms with E-state index in [1.807, 2.05) is 0 Å². The van der Waals surface area contributed by atoms with Gasteiger partial charge in [0.05, 0.1) is 0 Å². The predicted molar refractivity (Wildman–Crippen MR) is 66.5 cm³/mol. The van der Waals surface area contributed by atoms with Gasteiger partial charge in [-0.2, -0.15) is 0 Å². The zero-order valence-corrected chi connectivity index (χ0v) is 10.6. The van der Waals surface area contributed by atoms with E-state index >= 15 is 0 Å². The highest BCUT2D eigenvalue weighted by Crippen LogP contribution is 2.29. The lowest BCUT2D eigenvalue weighted by Gasteiger charge is -2.24. The molecular weight excluding hydrogens is 168 g/mol. The third kappa shape index (κ3) is 7.17. The topological polar surface area (TPSA) is 0 Å². The van der Waals surface area contributed by atoms with Gasteiger partial charge in [-0.15, -0.1) is 6.58 Å². The molecule has 14 heavy (non-hydrogen) atoms. The van der Waals surface area contributed by atoms with Gasteiger partial charge in [0.2, 0.25) is 0 Å². The van der Waals surface area contributed by atoms with E-state index in [4.69, 9.17) is 0 Å². The second-order valence-electron chi connectivity index (χ2n) is 5.44. The molecule has 0 saturated carbocycles. The summed E-state index contributed by atoms with van der Waals surface area (Å²) >= 11 is 0. The Balaban J connectivity index is 3.63. The summed E-state index contributed by atoms with van der Waals surface area (Å²) in [6.07, 6.45) is 10.0. The summed E-state index contributed by atoms with van der Waals surface area (Å²) in [5, 5.41) is 0. The highest BCUT2D eigenvalue weighted by molar-refractivity contribution is 4.79. The molecule has 0 aromatic carbocycles. The summed E-state index contributed by atoms with van der Waals surface area (Å²) < 4.78 is 0. The van der Waals surface area contributed by atoms with Crippen molar-refractivity contribution in [1.82, 2.24) is 0 Å². The maximum absolute atomic E-state index is 3.82. The van der Waals surface area contributed by atoms with Crippen molar-refractivity contribution in [2.45, 2.75) is 66.2 Å². The van der Waals surface area contributed by atoms with Crippen LogP contribution in [0.3, 0.4) is 0 Å². The minimum atomic E-state index is 0.461. The second-order valence-corrected chi connectivity index (χ2v) is 5.44. The molecule has 0 rings (SSSR count). The van der Waals surface area contributed by atoms with Crippen LogP contribution in [-0.2, 0) is 0 Å². The van der Waals surface area contributed by atoms with Gasteiger partial charge >= 0.3 is 0 Å². The van der Waals surface area contributed by atoms with Crippen molar-refractivity contribution in [2.24, 2.45) is 11.3 Å². The van der Waals surface area contributed by atoms with Crippen LogP contribution in [0.1, 0.15) is 66.2 Å². The van der Waals surface area contributed by atoms with E-state index in [0.29, 0.717) is 5.41 Å². The van der Waals surface area contributed by atoms with E-state index in [-0.39, 0.29) is 0 Å². The molecule has 0 heteroatoms. The summed E-state index contributed by atoms with van der Waals surface area (Å²) in [6.45, 7) is 13.2. The Morgan fingerprint density at radius 2 is 1.93 bits per heavy atom. The Hall–Kier alpha value is -0.260. The molecule has 0 radical (unpaired) electrons. The number of rotatable bonds is 8. The van der Waals surface area contributed by atoms with E-state index in [1.54, 1.807) is 0 Å². The van der Waals surface area contributed by atoms with Crippen LogP contribution in [0.25, 0.3) is 0 Å². The first-order valence-electron chi connectivity index (χ1n) is 6.12. The molecule has 0 aliphatic carbocycles. The van der Waals surface area contributed by atoms with Gasteiger partial charge in [0.1, 0.15) is 0 Å². The third-order valence-electron chi connectivity index (χ3n) is 3.06. The predicted octanol–water partition coefficient (Wildman–Crippen LogP) is 5.20. The highest BCUT2D eigenvalue weighted by Gasteiger charge is 2.16. The maximum Gasteiger partial charge on any atom is -0.0302 e. The molecule has 0 heterocycles. The molecule has 0 aliphatic rings. The van der Waals surface area contributed by atoms with Crippen LogP contribution in [0.15, 0.2) is 12.7 Å². The second kappa shape index (κ2) is 7.09. The average molecular weight is 196 g/mol.